The van der Waals surface area contributed by atoms with Gasteiger partial charge in [-0.1, -0.05) is 88.1 Å². The van der Waals surface area contributed by atoms with Gasteiger partial charge in [0.25, 0.3) is 0 Å². The summed E-state index contributed by atoms with van der Waals surface area (Å²) in [6.45, 7) is 7.59. The molecule has 2 atom stereocenters. The van der Waals surface area contributed by atoms with Crippen molar-refractivity contribution in [3.63, 3.8) is 0 Å². The van der Waals surface area contributed by atoms with Crippen molar-refractivity contribution in [1.82, 2.24) is 0 Å². The molecule has 258 valence electrons. The maximum absolute atomic E-state index is 12.9. The zero-order chi connectivity index (χ0) is 35.1. The van der Waals surface area contributed by atoms with Gasteiger partial charge in [0.15, 0.2) is 11.9 Å². The van der Waals surface area contributed by atoms with Gasteiger partial charge in [-0.05, 0) is 43.5 Å². The summed E-state index contributed by atoms with van der Waals surface area (Å²) in [7, 11) is 0. The van der Waals surface area contributed by atoms with E-state index < -0.39 is 36.5 Å². The number of unbranched alkanes of at least 4 members (excludes halogenated alkanes) is 4. The fourth-order valence-electron chi connectivity index (χ4n) is 5.31. The van der Waals surface area contributed by atoms with Gasteiger partial charge in [0, 0.05) is 36.0 Å². The Labute approximate surface area is 282 Å². The van der Waals surface area contributed by atoms with Crippen molar-refractivity contribution >= 4 is 23.4 Å². The first-order valence-corrected chi connectivity index (χ1v) is 16.4. The summed E-state index contributed by atoms with van der Waals surface area (Å²) in [6, 6.07) is 20.5. The molecular formula is C38H47NO9. The van der Waals surface area contributed by atoms with Crippen LogP contribution in [0, 0.1) is 0 Å². The molecule has 0 aliphatic carbocycles. The minimum Gasteiger partial charge on any atom is -0.507 e. The number of hydrogen-bond acceptors (Lipinski definition) is 9. The predicted molar refractivity (Wildman–Crippen MR) is 183 cm³/mol. The molecule has 0 spiro atoms. The van der Waals surface area contributed by atoms with Crippen LogP contribution >= 0.6 is 0 Å². The van der Waals surface area contributed by atoms with E-state index in [1.807, 2.05) is 36.4 Å². The van der Waals surface area contributed by atoms with Crippen LogP contribution < -0.4 is 4.90 Å². The van der Waals surface area contributed by atoms with Crippen molar-refractivity contribution in [1.29, 1.82) is 0 Å². The molecule has 0 aromatic heterocycles. The molecule has 0 radical (unpaired) electrons. The Hall–Kier alpha value is -4.67. The van der Waals surface area contributed by atoms with E-state index in [0.29, 0.717) is 5.57 Å². The van der Waals surface area contributed by atoms with Crippen LogP contribution in [-0.2, 0) is 20.9 Å². The summed E-state index contributed by atoms with van der Waals surface area (Å²) in [5.41, 5.74) is 2.44. The van der Waals surface area contributed by atoms with Gasteiger partial charge in [0.2, 0.25) is 5.76 Å². The van der Waals surface area contributed by atoms with Crippen molar-refractivity contribution in [2.45, 2.75) is 78.1 Å². The fraction of sp³-hybridized carbons (Fsp3) is 0.395. The highest BCUT2D eigenvalue weighted by Crippen LogP contribution is 2.29. The summed E-state index contributed by atoms with van der Waals surface area (Å²) in [5, 5.41) is 38.3. The third-order valence-corrected chi connectivity index (χ3v) is 8.02. The number of nitrogens with zero attached hydrogens (tertiary/aromatic N) is 1. The molecule has 1 aliphatic heterocycles. The number of cyclic esters (lactones) is 1. The number of hydrogen-bond donors (Lipinski definition) is 4. The Morgan fingerprint density at radius 3 is 2.04 bits per heavy atom. The lowest BCUT2D eigenvalue weighted by atomic mass is 9.97. The number of phenols is 1. The van der Waals surface area contributed by atoms with E-state index in [1.54, 1.807) is 31.2 Å². The number of aromatic carboxylic acids is 1. The second-order valence-electron chi connectivity index (χ2n) is 11.6. The molecule has 3 aromatic carbocycles. The van der Waals surface area contributed by atoms with Crippen LogP contribution in [0.3, 0.4) is 0 Å². The van der Waals surface area contributed by atoms with Gasteiger partial charge in [0.1, 0.15) is 18.5 Å². The molecule has 0 bridgehead atoms. The van der Waals surface area contributed by atoms with Crippen LogP contribution in [0.25, 0.3) is 0 Å². The van der Waals surface area contributed by atoms with Gasteiger partial charge in [-0.3, -0.25) is 4.79 Å². The predicted octanol–water partition coefficient (Wildman–Crippen LogP) is 6.26. The van der Waals surface area contributed by atoms with Crippen molar-refractivity contribution in [2.75, 3.05) is 24.6 Å². The fourth-order valence-corrected chi connectivity index (χ4v) is 5.31. The molecule has 10 nitrogen and oxygen atoms in total. The number of aliphatic hydroxyl groups is 2. The largest absolute Gasteiger partial charge is 0.507 e. The number of phenolic OH excluding ortho intramolecular Hbond substituents is 1. The number of esters is 1. The molecule has 4 rings (SSSR count). The van der Waals surface area contributed by atoms with Crippen LogP contribution in [0.4, 0.5) is 5.69 Å². The van der Waals surface area contributed by atoms with Crippen LogP contribution in [0.2, 0.25) is 0 Å². The minimum atomic E-state index is -1.16. The molecule has 2 unspecified atom stereocenters. The first-order chi connectivity index (χ1) is 23.1. The maximum Gasteiger partial charge on any atom is 0.374 e. The molecule has 1 heterocycles. The summed E-state index contributed by atoms with van der Waals surface area (Å²) in [6.07, 6.45) is 4.80. The Morgan fingerprint density at radius 1 is 0.875 bits per heavy atom. The number of benzene rings is 3. The quantitative estimate of drug-likeness (QED) is 0.0740. The highest BCUT2D eigenvalue weighted by molar-refractivity contribution is 6.15. The Morgan fingerprint density at radius 2 is 1.48 bits per heavy atom. The van der Waals surface area contributed by atoms with Gasteiger partial charge >= 0.3 is 11.9 Å². The van der Waals surface area contributed by atoms with Crippen molar-refractivity contribution < 1.29 is 44.3 Å². The van der Waals surface area contributed by atoms with E-state index >= 15 is 0 Å². The van der Waals surface area contributed by atoms with Crippen molar-refractivity contribution in [2.24, 2.45) is 0 Å². The average Bonchev–Trinajstić information content (AvgIpc) is 3.38. The maximum atomic E-state index is 12.9. The number of carboxylic acids is 1. The van der Waals surface area contributed by atoms with Crippen LogP contribution in [-0.4, -0.2) is 70.1 Å². The van der Waals surface area contributed by atoms with Gasteiger partial charge < -0.3 is 34.8 Å². The molecule has 0 saturated carbocycles. The summed E-state index contributed by atoms with van der Waals surface area (Å²) < 4.78 is 10.4. The monoisotopic (exact) mass is 661 g/mol. The van der Waals surface area contributed by atoms with E-state index in [4.69, 9.17) is 14.6 Å². The Bertz CT molecular complexity index is 1530. The molecule has 10 heteroatoms. The molecule has 0 fully saturated rings. The molecule has 0 amide bonds. The summed E-state index contributed by atoms with van der Waals surface area (Å²) in [4.78, 5) is 38.2. The Kier molecular flexibility index (Phi) is 15.1. The third kappa shape index (κ3) is 10.4. The number of aliphatic hydroxyl groups excluding tert-OH is 2. The number of rotatable bonds is 17. The lowest BCUT2D eigenvalue weighted by molar-refractivity contribution is -0.148. The lowest BCUT2D eigenvalue weighted by Gasteiger charge is -2.25. The van der Waals surface area contributed by atoms with E-state index in [0.717, 1.165) is 62.9 Å². The SMILES string of the molecule is CC1=C(OCc2ccccc2)C(=O)OC1C(O)CO.CCCCCN(CCCCC)c1ccc(C(=O)c2ccccc2C(=O)O)c(O)c1. The van der Waals surface area contributed by atoms with Crippen LogP contribution in [0.1, 0.15) is 91.1 Å². The van der Waals surface area contributed by atoms with Crippen molar-refractivity contribution in [3.05, 3.63) is 106 Å². The van der Waals surface area contributed by atoms with E-state index in [2.05, 4.69) is 18.7 Å². The Balaban J connectivity index is 0.000000284. The first kappa shape index (κ1) is 37.8. The van der Waals surface area contributed by atoms with Crippen LogP contribution in [0.15, 0.2) is 84.1 Å². The first-order valence-electron chi connectivity index (χ1n) is 16.4. The van der Waals surface area contributed by atoms with Gasteiger partial charge in [-0.2, -0.15) is 0 Å². The zero-order valence-electron chi connectivity index (χ0n) is 27.9. The van der Waals surface area contributed by atoms with Gasteiger partial charge in [-0.25, -0.2) is 9.59 Å². The summed E-state index contributed by atoms with van der Waals surface area (Å²) >= 11 is 0. The molecule has 4 N–H and O–H groups in total. The number of carboxylic acid groups (broad SMARTS) is 1. The molecule has 3 aromatic rings. The highest BCUT2D eigenvalue weighted by atomic mass is 16.6. The standard InChI is InChI=1S/C24H31NO4.C14H16O5/c1-3-5-9-15-25(16-10-6-4-2)18-13-14-21(22(26)17-18)23(27)19-11-7-8-12-20(19)24(28)29;1-9-12(11(16)7-15)19-14(17)13(9)18-8-10-5-3-2-4-6-10/h7-8,11-14,17,26H,3-6,9-10,15-16H2,1-2H3,(H,28,29);2-6,11-12,15-16H,7-8H2,1H3. The second-order valence-corrected chi connectivity index (χ2v) is 11.6. The van der Waals surface area contributed by atoms with Gasteiger partial charge in [-0.15, -0.1) is 0 Å². The van der Waals surface area contributed by atoms with Gasteiger partial charge in [0.05, 0.1) is 17.7 Å². The lowest BCUT2D eigenvalue weighted by Crippen LogP contribution is -2.30. The van der Waals surface area contributed by atoms with Crippen LogP contribution in [0.5, 0.6) is 5.75 Å². The number of carbonyl (C=O) groups excluding carboxylic acids is 2. The smallest absolute Gasteiger partial charge is 0.374 e. The minimum absolute atomic E-state index is 0.0678. The average molecular weight is 662 g/mol. The van der Waals surface area contributed by atoms with E-state index in [1.165, 1.54) is 12.1 Å². The molecule has 0 saturated heterocycles. The zero-order valence-corrected chi connectivity index (χ0v) is 27.9. The molecular weight excluding hydrogens is 614 g/mol. The molecule has 1 aliphatic rings. The number of ether oxygens (including phenoxy) is 2. The van der Waals surface area contributed by atoms with E-state index in [-0.39, 0.29) is 34.8 Å². The highest BCUT2D eigenvalue weighted by Gasteiger charge is 2.37. The third-order valence-electron chi connectivity index (χ3n) is 8.02. The topological polar surface area (TPSA) is 154 Å². The number of anilines is 1. The molecule has 48 heavy (non-hydrogen) atoms. The second kappa shape index (κ2) is 19.2. The van der Waals surface area contributed by atoms with E-state index in [9.17, 15) is 29.7 Å². The summed E-state index contributed by atoms with van der Waals surface area (Å²) in [5.74, 6) is -2.27. The van der Waals surface area contributed by atoms with Crippen molar-refractivity contribution in [3.8, 4) is 5.75 Å². The number of carbonyl (C=O) groups is 3. The number of ketones is 1. The normalized spacial score (nSPS) is 14.5. The number of aromatic hydroxyl groups is 1.